The normalized spacial score (nSPS) is 15.9. The van der Waals surface area contributed by atoms with Crippen molar-refractivity contribution in [2.45, 2.75) is 17.1 Å². The molecule has 14 heteroatoms. The second-order valence-corrected chi connectivity index (χ2v) is 3.96. The number of carboxylic acid groups (broad SMARTS) is 1. The molecule has 0 aliphatic carbocycles. The molecule has 0 bridgehead atoms. The molecule has 0 saturated heterocycles. The summed E-state index contributed by atoms with van der Waals surface area (Å²) in [6.45, 7) is 0. The number of aliphatic carboxylic acids is 1. The van der Waals surface area contributed by atoms with E-state index in [1.807, 2.05) is 0 Å². The Morgan fingerprint density at radius 2 is 1.22 bits per heavy atom. The van der Waals surface area contributed by atoms with Crippen molar-refractivity contribution in [2.24, 2.45) is 0 Å². The minimum absolute atomic E-state index is 0. The van der Waals surface area contributed by atoms with Crippen molar-refractivity contribution in [3.63, 3.8) is 0 Å². The Hall–Kier alpha value is 0.155. The van der Waals surface area contributed by atoms with Crippen molar-refractivity contribution in [1.82, 2.24) is 0 Å². The molecule has 0 spiro atoms. The fraction of sp³-hybridized carbons (Fsp3) is 0.750. The predicted octanol–water partition coefficient (Wildman–Crippen LogP) is -0.475. The Balaban J connectivity index is -0.00000112. The average molecular weight is 292 g/mol. The fourth-order valence-electron chi connectivity index (χ4n) is 0.589. The number of carbonyl (C=O) groups is 1. The van der Waals surface area contributed by atoms with E-state index in [4.69, 9.17) is 9.66 Å². The van der Waals surface area contributed by atoms with Crippen LogP contribution in [0.2, 0.25) is 0 Å². The van der Waals surface area contributed by atoms with Gasteiger partial charge in [0.25, 0.3) is 0 Å². The molecule has 0 aromatic rings. The minimum atomic E-state index is -6.84. The molecule has 100 valence electrons. The van der Waals surface area contributed by atoms with Gasteiger partial charge in [0, 0.05) is 0 Å². The van der Waals surface area contributed by atoms with Crippen LogP contribution in [0.15, 0.2) is 0 Å². The molecular formula is C4H4F6Li2O5S. The van der Waals surface area contributed by atoms with E-state index in [1.165, 1.54) is 0 Å². The Labute approximate surface area is 120 Å². The molecule has 18 heavy (non-hydrogen) atoms. The molecule has 1 unspecified atom stereocenters. The summed E-state index contributed by atoms with van der Waals surface area (Å²) < 4.78 is 100. The number of hydrogen-bond donors (Lipinski definition) is 2. The first-order valence-corrected chi connectivity index (χ1v) is 4.47. The molecule has 1 atom stereocenters. The van der Waals surface area contributed by atoms with Crippen molar-refractivity contribution in [3.05, 3.63) is 0 Å². The summed E-state index contributed by atoms with van der Waals surface area (Å²) in [7, 11) is -6.84. The van der Waals surface area contributed by atoms with Crippen molar-refractivity contribution in [2.75, 3.05) is 0 Å². The van der Waals surface area contributed by atoms with Gasteiger partial charge in [-0.05, 0) is 0 Å². The number of rotatable bonds is 3. The van der Waals surface area contributed by atoms with Crippen LogP contribution in [0.4, 0.5) is 26.3 Å². The number of halogens is 6. The van der Waals surface area contributed by atoms with Crippen molar-refractivity contribution in [1.29, 1.82) is 0 Å². The number of hydrogen-bond acceptors (Lipinski definition) is 3. The van der Waals surface area contributed by atoms with E-state index in [-0.39, 0.29) is 37.7 Å². The molecule has 0 aromatic carbocycles. The molecule has 0 fully saturated rings. The van der Waals surface area contributed by atoms with Gasteiger partial charge in [-0.1, -0.05) is 0 Å². The van der Waals surface area contributed by atoms with Gasteiger partial charge in [-0.15, -0.1) is 0 Å². The molecule has 0 saturated carbocycles. The molecule has 0 rings (SSSR count). The maximum absolute atomic E-state index is 12.8. The van der Waals surface area contributed by atoms with E-state index < -0.39 is 33.2 Å². The second-order valence-electron chi connectivity index (χ2n) is 2.45. The zero-order valence-electron chi connectivity index (χ0n) is 6.80. The fourth-order valence-corrected chi connectivity index (χ4v) is 1.25. The Kier molecular flexibility index (Phi) is 7.85. The molecule has 0 aliphatic rings. The summed E-state index contributed by atoms with van der Waals surface area (Å²) in [5.74, 6) is -10.5. The Morgan fingerprint density at radius 3 is 1.28 bits per heavy atom. The summed E-state index contributed by atoms with van der Waals surface area (Å²) in [5, 5.41) is 1.58. The first-order valence-electron chi connectivity index (χ1n) is 3.03. The maximum atomic E-state index is 12.8. The van der Waals surface area contributed by atoms with Gasteiger partial charge in [0.2, 0.25) is 0 Å². The SMILES string of the molecule is O=C(O)C(F)(C(F)(F)C(F)(F)F)S(=O)(=O)O.[LiH].[LiH]. The first-order chi connectivity index (χ1) is 6.69. The first kappa shape index (κ1) is 23.3. The van der Waals surface area contributed by atoms with Crippen LogP contribution in [0.1, 0.15) is 0 Å². The number of alkyl halides is 6. The summed E-state index contributed by atoms with van der Waals surface area (Å²) in [6.07, 6.45) is -6.81. The van der Waals surface area contributed by atoms with Gasteiger partial charge in [0.15, 0.2) is 0 Å². The third kappa shape index (κ3) is 3.38. The summed E-state index contributed by atoms with van der Waals surface area (Å²) in [6, 6.07) is 0. The van der Waals surface area contributed by atoms with Gasteiger partial charge < -0.3 is 5.11 Å². The molecule has 0 aliphatic heterocycles. The van der Waals surface area contributed by atoms with Crippen LogP contribution in [0.5, 0.6) is 0 Å². The molecule has 5 nitrogen and oxygen atoms in total. The van der Waals surface area contributed by atoms with Crippen LogP contribution in [0, 0.1) is 0 Å². The molecule has 2 N–H and O–H groups in total. The van der Waals surface area contributed by atoms with Gasteiger partial charge in [-0.3, -0.25) is 4.55 Å². The van der Waals surface area contributed by atoms with E-state index in [0.29, 0.717) is 0 Å². The van der Waals surface area contributed by atoms with Gasteiger partial charge in [0.1, 0.15) is 0 Å². The van der Waals surface area contributed by atoms with E-state index in [2.05, 4.69) is 0 Å². The number of carboxylic acids is 1. The molecular weight excluding hydrogens is 288 g/mol. The third-order valence-electron chi connectivity index (χ3n) is 1.39. The molecule has 0 aromatic heterocycles. The van der Waals surface area contributed by atoms with E-state index in [1.54, 1.807) is 0 Å². The monoisotopic (exact) mass is 292 g/mol. The summed E-state index contributed by atoms with van der Waals surface area (Å²) >= 11 is 0. The predicted molar refractivity (Wildman–Crippen MR) is 48.3 cm³/mol. The Morgan fingerprint density at radius 1 is 0.944 bits per heavy atom. The van der Waals surface area contributed by atoms with Crippen LogP contribution >= 0.6 is 0 Å². The van der Waals surface area contributed by atoms with E-state index in [0.717, 1.165) is 0 Å². The quantitative estimate of drug-likeness (QED) is 0.416. The van der Waals surface area contributed by atoms with Gasteiger partial charge >= 0.3 is 70.9 Å². The standard InChI is InChI=1S/C4H2F6O5S.2Li.2H/c5-2(1(11)12,16(13,14)15)3(6,7)4(8,9)10;;;;/h(H,11,12)(H,13,14,15);;;;. The molecule has 0 amide bonds. The van der Waals surface area contributed by atoms with Gasteiger partial charge in [0.05, 0.1) is 0 Å². The topological polar surface area (TPSA) is 91.7 Å². The molecule has 0 heterocycles. The van der Waals surface area contributed by atoms with Crippen LogP contribution < -0.4 is 0 Å². The van der Waals surface area contributed by atoms with Crippen LogP contribution in [0.25, 0.3) is 0 Å². The van der Waals surface area contributed by atoms with Crippen molar-refractivity contribution >= 4 is 53.8 Å². The van der Waals surface area contributed by atoms with Crippen LogP contribution in [-0.4, -0.2) is 78.9 Å². The zero-order valence-corrected chi connectivity index (χ0v) is 7.61. The van der Waals surface area contributed by atoms with Crippen molar-refractivity contribution in [3.8, 4) is 0 Å². The summed E-state index contributed by atoms with van der Waals surface area (Å²) in [4.78, 5) is 9.87. The summed E-state index contributed by atoms with van der Waals surface area (Å²) in [5.41, 5.74) is 0. The van der Waals surface area contributed by atoms with Crippen LogP contribution in [-0.2, 0) is 14.9 Å². The average Bonchev–Trinajstić information content (AvgIpc) is 1.97. The van der Waals surface area contributed by atoms with E-state index >= 15 is 0 Å². The van der Waals surface area contributed by atoms with E-state index in [9.17, 15) is 39.6 Å². The van der Waals surface area contributed by atoms with Gasteiger partial charge in [-0.2, -0.15) is 30.4 Å². The van der Waals surface area contributed by atoms with Crippen molar-refractivity contribution < 1.29 is 49.2 Å². The third-order valence-corrected chi connectivity index (χ3v) is 2.53. The van der Waals surface area contributed by atoms with Gasteiger partial charge in [-0.25, -0.2) is 9.18 Å². The zero-order chi connectivity index (χ0) is 13.6. The molecule has 0 radical (unpaired) electrons. The van der Waals surface area contributed by atoms with Crippen LogP contribution in [0.3, 0.4) is 0 Å². The Bertz CT molecular complexity index is 407. The second kappa shape index (κ2) is 6.07.